The van der Waals surface area contributed by atoms with E-state index >= 15 is 0 Å². The molecule has 1 N–H and O–H groups in total. The summed E-state index contributed by atoms with van der Waals surface area (Å²) in [6, 6.07) is 0. The highest BCUT2D eigenvalue weighted by atomic mass is 16.5. The van der Waals surface area contributed by atoms with E-state index in [1.807, 2.05) is 13.8 Å². The maximum atomic E-state index is 11.0. The van der Waals surface area contributed by atoms with Crippen LogP contribution in [-0.4, -0.2) is 19.1 Å². The molecule has 0 aliphatic heterocycles. The molecule has 0 spiro atoms. The van der Waals surface area contributed by atoms with Crippen LogP contribution in [0.15, 0.2) is 12.3 Å². The topological polar surface area (TPSA) is 38.3 Å². The Morgan fingerprint density at radius 2 is 2.15 bits per heavy atom. The lowest BCUT2D eigenvalue weighted by Crippen LogP contribution is -2.22. The number of hydrogen-bond acceptors (Lipinski definition) is 2. The predicted octanol–water partition coefficient (Wildman–Crippen LogP) is 1.84. The summed E-state index contributed by atoms with van der Waals surface area (Å²) < 4.78 is 5.16. The molecule has 0 aliphatic rings. The first-order valence-corrected chi connectivity index (χ1v) is 4.71. The lowest BCUT2D eigenvalue weighted by molar-refractivity contribution is -0.121. The van der Waals surface area contributed by atoms with Gasteiger partial charge in [-0.2, -0.15) is 0 Å². The van der Waals surface area contributed by atoms with Gasteiger partial charge in [0.25, 0.3) is 0 Å². The fraction of sp³-hybridized carbons (Fsp3) is 0.700. The second kappa shape index (κ2) is 7.65. The van der Waals surface area contributed by atoms with Gasteiger partial charge in [0.1, 0.15) is 0 Å². The number of carbonyl (C=O) groups is 1. The van der Waals surface area contributed by atoms with Crippen LogP contribution in [0.25, 0.3) is 0 Å². The minimum absolute atomic E-state index is 0.123. The van der Waals surface area contributed by atoms with Crippen molar-refractivity contribution < 1.29 is 9.53 Å². The largest absolute Gasteiger partial charge is 0.499 e. The van der Waals surface area contributed by atoms with Crippen LogP contribution >= 0.6 is 0 Å². The molecule has 76 valence electrons. The summed E-state index contributed by atoms with van der Waals surface area (Å²) in [5.74, 6) is 0.857. The molecule has 0 aromatic carbocycles. The summed E-state index contributed by atoms with van der Waals surface area (Å²) in [6.07, 6.45) is 2.37. The third kappa shape index (κ3) is 8.92. The van der Waals surface area contributed by atoms with Gasteiger partial charge in [0, 0.05) is 13.0 Å². The molecule has 0 unspecified atom stereocenters. The van der Waals surface area contributed by atoms with Crippen LogP contribution in [0.3, 0.4) is 0 Å². The fourth-order valence-electron chi connectivity index (χ4n) is 0.920. The molecule has 0 rings (SSSR count). The molecule has 0 fully saturated rings. The number of nitrogens with one attached hydrogen (secondary N) is 1. The van der Waals surface area contributed by atoms with Crippen LogP contribution in [-0.2, 0) is 9.53 Å². The summed E-state index contributed by atoms with van der Waals surface area (Å²) >= 11 is 0. The van der Waals surface area contributed by atoms with Crippen LogP contribution in [0.2, 0.25) is 0 Å². The monoisotopic (exact) mass is 185 g/mol. The molecule has 0 heterocycles. The summed E-state index contributed by atoms with van der Waals surface area (Å²) in [5, 5.41) is 2.75. The molecule has 0 saturated carbocycles. The zero-order chi connectivity index (χ0) is 10.1. The molecule has 13 heavy (non-hydrogen) atoms. The van der Waals surface area contributed by atoms with Crippen molar-refractivity contribution in [3.05, 3.63) is 12.3 Å². The Morgan fingerprint density at radius 3 is 2.69 bits per heavy atom. The average molecular weight is 185 g/mol. The first-order chi connectivity index (χ1) is 6.16. The maximum absolute atomic E-state index is 11.0. The van der Waals surface area contributed by atoms with Crippen LogP contribution in [0.1, 0.15) is 33.1 Å². The van der Waals surface area contributed by atoms with Gasteiger partial charge in [-0.1, -0.05) is 6.58 Å². The molecule has 0 radical (unpaired) electrons. The van der Waals surface area contributed by atoms with Crippen molar-refractivity contribution in [2.75, 3.05) is 13.2 Å². The van der Waals surface area contributed by atoms with E-state index in [0.29, 0.717) is 19.6 Å². The van der Waals surface area contributed by atoms with E-state index < -0.39 is 0 Å². The molecule has 0 bridgehead atoms. The lowest BCUT2D eigenvalue weighted by atomic mass is 10.2. The first kappa shape index (κ1) is 12.0. The van der Waals surface area contributed by atoms with E-state index in [9.17, 15) is 4.79 Å². The average Bonchev–Trinajstić information content (AvgIpc) is 2.03. The molecule has 0 aromatic heterocycles. The number of hydrogen-bond donors (Lipinski definition) is 1. The highest BCUT2D eigenvalue weighted by molar-refractivity contribution is 5.75. The zero-order valence-electron chi connectivity index (χ0n) is 8.56. The molecule has 0 saturated heterocycles. The maximum Gasteiger partial charge on any atom is 0.219 e. The van der Waals surface area contributed by atoms with E-state index in [1.165, 1.54) is 0 Å². The molecular weight excluding hydrogens is 166 g/mol. The van der Waals surface area contributed by atoms with Gasteiger partial charge in [0.05, 0.1) is 12.4 Å². The smallest absolute Gasteiger partial charge is 0.219 e. The number of carbonyl (C=O) groups excluding carboxylic acids is 1. The van der Waals surface area contributed by atoms with Crippen molar-refractivity contribution in [2.45, 2.75) is 33.1 Å². The van der Waals surface area contributed by atoms with Gasteiger partial charge in [-0.25, -0.2) is 0 Å². The lowest BCUT2D eigenvalue weighted by Gasteiger charge is -2.04. The Kier molecular flexibility index (Phi) is 7.07. The van der Waals surface area contributed by atoms with Crippen LogP contribution in [0.5, 0.6) is 0 Å². The number of rotatable bonds is 7. The van der Waals surface area contributed by atoms with Crippen molar-refractivity contribution in [1.29, 1.82) is 0 Å². The number of amides is 1. The normalized spacial score (nSPS) is 9.38. The summed E-state index contributed by atoms with van der Waals surface area (Å²) in [7, 11) is 0. The van der Waals surface area contributed by atoms with Gasteiger partial charge >= 0.3 is 0 Å². The van der Waals surface area contributed by atoms with Gasteiger partial charge in [-0.05, 0) is 26.7 Å². The third-order valence-corrected chi connectivity index (χ3v) is 1.52. The Bertz CT molecular complexity index is 166. The van der Waals surface area contributed by atoms with Gasteiger partial charge in [-0.3, -0.25) is 4.79 Å². The second-order valence-corrected chi connectivity index (χ2v) is 2.96. The molecule has 3 heteroatoms. The van der Waals surface area contributed by atoms with E-state index in [2.05, 4.69) is 11.9 Å². The van der Waals surface area contributed by atoms with Crippen LogP contribution in [0.4, 0.5) is 0 Å². The summed E-state index contributed by atoms with van der Waals surface area (Å²) in [5.41, 5.74) is 0. The van der Waals surface area contributed by atoms with Crippen molar-refractivity contribution in [3.63, 3.8) is 0 Å². The molecule has 3 nitrogen and oxygen atoms in total. The zero-order valence-corrected chi connectivity index (χ0v) is 8.56. The Morgan fingerprint density at radius 1 is 1.46 bits per heavy atom. The van der Waals surface area contributed by atoms with E-state index in [1.54, 1.807) is 0 Å². The van der Waals surface area contributed by atoms with Gasteiger partial charge in [0.15, 0.2) is 0 Å². The van der Waals surface area contributed by atoms with Crippen molar-refractivity contribution in [3.8, 4) is 0 Å². The van der Waals surface area contributed by atoms with Gasteiger partial charge in [0.2, 0.25) is 5.91 Å². The van der Waals surface area contributed by atoms with Crippen LogP contribution < -0.4 is 5.32 Å². The van der Waals surface area contributed by atoms with Crippen molar-refractivity contribution >= 4 is 5.91 Å². The molecule has 0 atom stereocenters. The first-order valence-electron chi connectivity index (χ1n) is 4.71. The number of unbranched alkanes of at least 4 members (excludes halogenated alkanes) is 1. The summed E-state index contributed by atoms with van der Waals surface area (Å²) in [6.45, 7) is 8.73. The van der Waals surface area contributed by atoms with Crippen LogP contribution in [0, 0.1) is 0 Å². The minimum Gasteiger partial charge on any atom is -0.499 e. The Hall–Kier alpha value is -0.990. The quantitative estimate of drug-likeness (QED) is 0.485. The molecular formula is C10H19NO2. The summed E-state index contributed by atoms with van der Waals surface area (Å²) in [4.78, 5) is 11.0. The van der Waals surface area contributed by atoms with Crippen molar-refractivity contribution in [1.82, 2.24) is 5.32 Å². The molecule has 1 amide bonds. The fourth-order valence-corrected chi connectivity index (χ4v) is 0.920. The van der Waals surface area contributed by atoms with E-state index in [-0.39, 0.29) is 5.91 Å². The Balaban J connectivity index is 3.16. The minimum atomic E-state index is 0.123. The number of allylic oxidation sites excluding steroid dienone is 1. The van der Waals surface area contributed by atoms with E-state index in [0.717, 1.165) is 18.6 Å². The standard InChI is InChI=1S/C10H19NO2/c1-4-11-10(12)7-5-6-8-13-9(2)3/h2,4-8H2,1,3H3,(H,11,12). The van der Waals surface area contributed by atoms with Gasteiger partial charge in [-0.15, -0.1) is 0 Å². The third-order valence-electron chi connectivity index (χ3n) is 1.52. The molecule has 0 aromatic rings. The predicted molar refractivity (Wildman–Crippen MR) is 53.3 cm³/mol. The highest BCUT2D eigenvalue weighted by Crippen LogP contribution is 1.98. The van der Waals surface area contributed by atoms with Gasteiger partial charge < -0.3 is 10.1 Å². The Labute approximate surface area is 80.2 Å². The highest BCUT2D eigenvalue weighted by Gasteiger charge is 1.98. The second-order valence-electron chi connectivity index (χ2n) is 2.96. The number of ether oxygens (including phenoxy) is 1. The van der Waals surface area contributed by atoms with E-state index in [4.69, 9.17) is 4.74 Å². The SMILES string of the molecule is C=C(C)OCCCCC(=O)NCC. The van der Waals surface area contributed by atoms with Crippen molar-refractivity contribution in [2.24, 2.45) is 0 Å². The molecule has 0 aliphatic carbocycles.